The van der Waals surface area contributed by atoms with Crippen molar-refractivity contribution in [2.24, 2.45) is 7.05 Å². The predicted molar refractivity (Wildman–Crippen MR) is 103 cm³/mol. The molecule has 126 valence electrons. The first kappa shape index (κ1) is 16.0. The van der Waals surface area contributed by atoms with Gasteiger partial charge in [0.2, 0.25) is 5.69 Å². The predicted octanol–water partition coefficient (Wildman–Crippen LogP) is 4.80. The summed E-state index contributed by atoms with van der Waals surface area (Å²) in [6.07, 6.45) is 4.14. The third kappa shape index (κ3) is 2.17. The largest absolute Gasteiger partial charge is 0.256 e. The smallest absolute Gasteiger partial charge is 0.213 e. The molecule has 0 spiro atoms. The quantitative estimate of drug-likeness (QED) is 0.586. The van der Waals surface area contributed by atoms with Crippen molar-refractivity contribution in [2.75, 3.05) is 0 Å². The molecular weight excluding hydrogens is 304 g/mol. The summed E-state index contributed by atoms with van der Waals surface area (Å²) >= 11 is 0. The number of hydrogen-bond donors (Lipinski definition) is 0. The molecule has 0 aliphatic heterocycles. The van der Waals surface area contributed by atoms with Gasteiger partial charge in [0.15, 0.2) is 6.20 Å². The van der Waals surface area contributed by atoms with Crippen molar-refractivity contribution in [3.63, 3.8) is 0 Å². The van der Waals surface area contributed by atoms with Crippen molar-refractivity contribution in [1.82, 2.24) is 4.98 Å². The maximum absolute atomic E-state index is 4.71. The van der Waals surface area contributed by atoms with Gasteiger partial charge in [0.05, 0.1) is 11.3 Å². The number of hydrogen-bond acceptors (Lipinski definition) is 1. The highest BCUT2D eigenvalue weighted by molar-refractivity contribution is 5.86. The number of aromatic nitrogens is 2. The molecule has 0 N–H and O–H groups in total. The number of pyridine rings is 2. The zero-order chi connectivity index (χ0) is 17.9. The number of rotatable bonds is 1. The topological polar surface area (TPSA) is 16.8 Å². The van der Waals surface area contributed by atoms with E-state index in [0.717, 1.165) is 5.69 Å². The molecular formula is C23H25N2+. The van der Waals surface area contributed by atoms with E-state index in [4.69, 9.17) is 4.98 Å². The summed E-state index contributed by atoms with van der Waals surface area (Å²) in [4.78, 5) is 4.71. The van der Waals surface area contributed by atoms with Gasteiger partial charge in [-0.25, -0.2) is 4.57 Å². The first-order valence-corrected chi connectivity index (χ1v) is 8.89. The van der Waals surface area contributed by atoms with Gasteiger partial charge in [0, 0.05) is 28.8 Å². The van der Waals surface area contributed by atoms with E-state index in [1.807, 2.05) is 6.20 Å². The van der Waals surface area contributed by atoms with Crippen molar-refractivity contribution in [2.45, 2.75) is 40.0 Å². The van der Waals surface area contributed by atoms with Crippen LogP contribution in [0.2, 0.25) is 0 Å². The molecule has 3 aromatic rings. The van der Waals surface area contributed by atoms with Gasteiger partial charge in [-0.2, -0.15) is 0 Å². The maximum Gasteiger partial charge on any atom is 0.213 e. The molecule has 4 rings (SSSR count). The lowest BCUT2D eigenvalue weighted by Gasteiger charge is -2.24. The molecule has 0 unspecified atom stereocenters. The Labute approximate surface area is 150 Å². The van der Waals surface area contributed by atoms with Crippen LogP contribution in [0.25, 0.3) is 22.5 Å². The Morgan fingerprint density at radius 2 is 1.72 bits per heavy atom. The standard InChI is InChI=1S/C23H25N2/c1-14-9-10-17-21(23(4,5)18-8-7-11-24-22(17)18)20(14)19-12-15(2)16(3)13-25(19)6/h7-13H,1-6H3/q+1. The number of benzene rings is 1. The summed E-state index contributed by atoms with van der Waals surface area (Å²) in [5, 5.41) is 0. The highest BCUT2D eigenvalue weighted by Crippen LogP contribution is 2.51. The highest BCUT2D eigenvalue weighted by Gasteiger charge is 2.40. The zero-order valence-corrected chi connectivity index (χ0v) is 15.9. The summed E-state index contributed by atoms with van der Waals surface area (Å²) in [5.74, 6) is 0. The van der Waals surface area contributed by atoms with E-state index >= 15 is 0 Å². The fraction of sp³-hybridized carbons (Fsp3) is 0.304. The summed E-state index contributed by atoms with van der Waals surface area (Å²) in [6.45, 7) is 11.2. The molecule has 0 atom stereocenters. The van der Waals surface area contributed by atoms with E-state index < -0.39 is 0 Å². The maximum atomic E-state index is 4.71. The minimum atomic E-state index is -0.0495. The van der Waals surface area contributed by atoms with Crippen molar-refractivity contribution >= 4 is 0 Å². The lowest BCUT2D eigenvalue weighted by molar-refractivity contribution is -0.660. The van der Waals surface area contributed by atoms with Crippen LogP contribution in [0.4, 0.5) is 0 Å². The second kappa shape index (κ2) is 5.26. The van der Waals surface area contributed by atoms with Crippen LogP contribution in [-0.2, 0) is 12.5 Å². The van der Waals surface area contributed by atoms with Crippen LogP contribution < -0.4 is 4.57 Å². The summed E-state index contributed by atoms with van der Waals surface area (Å²) in [5.41, 5.74) is 11.7. The molecule has 2 heterocycles. The Hall–Kier alpha value is -2.48. The van der Waals surface area contributed by atoms with Crippen LogP contribution in [-0.4, -0.2) is 4.98 Å². The van der Waals surface area contributed by atoms with Gasteiger partial charge in [-0.3, -0.25) is 4.98 Å². The molecule has 0 saturated carbocycles. The van der Waals surface area contributed by atoms with E-state index in [1.54, 1.807) is 0 Å². The molecule has 2 heteroatoms. The second-order valence-electron chi connectivity index (χ2n) is 7.84. The Kier molecular flexibility index (Phi) is 3.37. The number of fused-ring (bicyclic) bond motifs is 3. The third-order valence-electron chi connectivity index (χ3n) is 5.77. The lowest BCUT2D eigenvalue weighted by atomic mass is 9.78. The minimum absolute atomic E-state index is 0.0495. The van der Waals surface area contributed by atoms with E-state index in [0.29, 0.717) is 0 Å². The highest BCUT2D eigenvalue weighted by atomic mass is 14.9. The third-order valence-corrected chi connectivity index (χ3v) is 5.77. The monoisotopic (exact) mass is 329 g/mol. The van der Waals surface area contributed by atoms with Gasteiger partial charge in [-0.1, -0.05) is 32.0 Å². The van der Waals surface area contributed by atoms with Crippen LogP contribution in [0.1, 0.15) is 41.7 Å². The van der Waals surface area contributed by atoms with Gasteiger partial charge < -0.3 is 0 Å². The van der Waals surface area contributed by atoms with Crippen molar-refractivity contribution < 1.29 is 4.57 Å². The first-order chi connectivity index (χ1) is 11.8. The Morgan fingerprint density at radius 1 is 0.960 bits per heavy atom. The Bertz CT molecular complexity index is 1010. The molecule has 0 amide bonds. The Balaban J connectivity index is 2.10. The summed E-state index contributed by atoms with van der Waals surface area (Å²) < 4.78 is 2.26. The van der Waals surface area contributed by atoms with Crippen LogP contribution in [0.5, 0.6) is 0 Å². The van der Waals surface area contributed by atoms with E-state index in [9.17, 15) is 0 Å². The van der Waals surface area contributed by atoms with Crippen LogP contribution in [0.3, 0.4) is 0 Å². The molecule has 1 aliphatic carbocycles. The van der Waals surface area contributed by atoms with E-state index in [-0.39, 0.29) is 5.41 Å². The second-order valence-corrected chi connectivity index (χ2v) is 7.84. The van der Waals surface area contributed by atoms with Crippen LogP contribution in [0, 0.1) is 20.8 Å². The lowest BCUT2D eigenvalue weighted by Crippen LogP contribution is -2.32. The van der Waals surface area contributed by atoms with Crippen molar-refractivity contribution in [3.05, 3.63) is 70.5 Å². The molecule has 1 aromatic carbocycles. The van der Waals surface area contributed by atoms with Crippen LogP contribution >= 0.6 is 0 Å². The molecule has 0 bridgehead atoms. The molecule has 1 aliphatic rings. The van der Waals surface area contributed by atoms with Gasteiger partial charge in [-0.05, 0) is 49.1 Å². The normalized spacial score (nSPS) is 14.3. The fourth-order valence-corrected chi connectivity index (χ4v) is 4.27. The van der Waals surface area contributed by atoms with Crippen molar-refractivity contribution in [1.29, 1.82) is 0 Å². The summed E-state index contributed by atoms with van der Waals surface area (Å²) in [7, 11) is 2.15. The molecule has 0 saturated heterocycles. The van der Waals surface area contributed by atoms with Gasteiger partial charge in [-0.15, -0.1) is 0 Å². The zero-order valence-electron chi connectivity index (χ0n) is 15.9. The average molecular weight is 329 g/mol. The molecule has 0 fully saturated rings. The van der Waals surface area contributed by atoms with Gasteiger partial charge in [0.1, 0.15) is 7.05 Å². The molecule has 0 radical (unpaired) electrons. The molecule has 25 heavy (non-hydrogen) atoms. The SMILES string of the molecule is Cc1cc(-c2c(C)ccc3c2C(C)(C)c2cccnc2-3)[n+](C)cc1C. The fourth-order valence-electron chi connectivity index (χ4n) is 4.27. The van der Waals surface area contributed by atoms with E-state index in [1.165, 1.54) is 44.6 Å². The van der Waals surface area contributed by atoms with Crippen LogP contribution in [0.15, 0.2) is 42.7 Å². The first-order valence-electron chi connectivity index (χ1n) is 8.89. The molecule has 2 aromatic heterocycles. The van der Waals surface area contributed by atoms with E-state index in [2.05, 4.69) is 82.8 Å². The minimum Gasteiger partial charge on any atom is -0.256 e. The average Bonchev–Trinajstić information content (AvgIpc) is 2.80. The van der Waals surface area contributed by atoms with Crippen molar-refractivity contribution in [3.8, 4) is 22.5 Å². The number of aryl methyl sites for hydroxylation is 4. The molecule has 2 nitrogen and oxygen atoms in total. The van der Waals surface area contributed by atoms with Gasteiger partial charge in [0.25, 0.3) is 0 Å². The Morgan fingerprint density at radius 3 is 2.48 bits per heavy atom. The summed E-state index contributed by atoms with van der Waals surface area (Å²) in [6, 6.07) is 11.1. The van der Waals surface area contributed by atoms with Gasteiger partial charge >= 0.3 is 0 Å². The number of nitrogens with zero attached hydrogens (tertiary/aromatic N) is 2.